The van der Waals surface area contributed by atoms with E-state index in [2.05, 4.69) is 33.9 Å². The summed E-state index contributed by atoms with van der Waals surface area (Å²) in [6.07, 6.45) is 3.40. The van der Waals surface area contributed by atoms with Crippen molar-refractivity contribution in [3.05, 3.63) is 87.1 Å². The van der Waals surface area contributed by atoms with Crippen molar-refractivity contribution in [1.82, 2.24) is 14.8 Å². The first-order chi connectivity index (χ1) is 13.5. The molecule has 0 saturated heterocycles. The van der Waals surface area contributed by atoms with E-state index in [-0.39, 0.29) is 17.5 Å². The first kappa shape index (κ1) is 19.1. The molecule has 2 heterocycles. The Morgan fingerprint density at radius 2 is 2.04 bits per heavy atom. The Morgan fingerprint density at radius 1 is 1.21 bits per heavy atom. The molecular weight excluding hydrogens is 360 g/mol. The van der Waals surface area contributed by atoms with E-state index in [4.69, 9.17) is 0 Å². The van der Waals surface area contributed by atoms with Gasteiger partial charge in [-0.1, -0.05) is 12.0 Å². The lowest BCUT2D eigenvalue weighted by molar-refractivity contribution is 0.574. The van der Waals surface area contributed by atoms with Crippen molar-refractivity contribution in [3.63, 3.8) is 0 Å². The maximum atomic E-state index is 14.4. The Kier molecular flexibility index (Phi) is 5.72. The zero-order valence-corrected chi connectivity index (χ0v) is 15.4. The minimum atomic E-state index is -0.708. The lowest BCUT2D eigenvalue weighted by Gasteiger charge is -2.16. The topological polar surface area (TPSA) is 50.7 Å². The van der Waals surface area contributed by atoms with Crippen LogP contribution in [0, 0.1) is 42.2 Å². The van der Waals surface area contributed by atoms with Crippen molar-refractivity contribution in [3.8, 4) is 23.7 Å². The number of benzene rings is 1. The zero-order valence-electron chi connectivity index (χ0n) is 15.4. The van der Waals surface area contributed by atoms with Crippen LogP contribution in [0.4, 0.5) is 8.78 Å². The van der Waals surface area contributed by atoms with Gasteiger partial charge >= 0.3 is 0 Å². The van der Waals surface area contributed by atoms with Crippen LogP contribution >= 0.6 is 0 Å². The van der Waals surface area contributed by atoms with Crippen LogP contribution in [0.25, 0.3) is 0 Å². The number of nitrogens with one attached hydrogen (secondary N) is 1. The summed E-state index contributed by atoms with van der Waals surface area (Å²) in [5, 5.41) is 6.68. The quantitative estimate of drug-likeness (QED) is 0.713. The second-order valence-corrected chi connectivity index (χ2v) is 6.24. The molecule has 3 rings (SSSR count). The molecule has 1 atom stereocenters. The van der Waals surface area contributed by atoms with E-state index < -0.39 is 17.6 Å². The molecule has 6 heteroatoms. The fraction of sp³-hybridized carbons (Fsp3) is 0.182. The average Bonchev–Trinajstić information content (AvgIpc) is 3.08. The second kappa shape index (κ2) is 8.37. The Labute approximate surface area is 161 Å². The highest BCUT2D eigenvalue weighted by atomic mass is 19.1. The summed E-state index contributed by atoms with van der Waals surface area (Å²) in [6, 6.07) is 6.51. The smallest absolute Gasteiger partial charge is 0.254 e. The predicted molar refractivity (Wildman–Crippen MR) is 102 cm³/mol. The fourth-order valence-corrected chi connectivity index (χ4v) is 2.83. The van der Waals surface area contributed by atoms with Crippen molar-refractivity contribution in [1.29, 1.82) is 0 Å². The third-order valence-electron chi connectivity index (χ3n) is 4.35. The summed E-state index contributed by atoms with van der Waals surface area (Å²) < 4.78 is 29.5. The normalized spacial score (nSPS) is 11.1. The number of hydrogen-bond donors (Lipinski definition) is 1. The predicted octanol–water partition coefficient (Wildman–Crippen LogP) is 3.27. The molecule has 1 aromatic carbocycles. The molecule has 0 aliphatic heterocycles. The number of pyridine rings is 1. The van der Waals surface area contributed by atoms with Crippen LogP contribution in [-0.2, 0) is 7.05 Å². The van der Waals surface area contributed by atoms with Crippen molar-refractivity contribution in [2.75, 3.05) is 0 Å². The largest absolute Gasteiger partial charge is 0.318 e. The van der Waals surface area contributed by atoms with Gasteiger partial charge in [-0.3, -0.25) is 9.89 Å². The van der Waals surface area contributed by atoms with E-state index >= 15 is 0 Å². The van der Waals surface area contributed by atoms with Gasteiger partial charge in [-0.25, -0.2) is 8.78 Å². The first-order valence-corrected chi connectivity index (χ1v) is 8.57. The molecule has 28 heavy (non-hydrogen) atoms. The van der Waals surface area contributed by atoms with Gasteiger partial charge in [-0.2, -0.15) is 5.10 Å². The lowest BCUT2D eigenvalue weighted by atomic mass is 9.89. The second-order valence-electron chi connectivity index (χ2n) is 6.24. The molecule has 1 unspecified atom stereocenters. The maximum Gasteiger partial charge on any atom is 0.254 e. The molecular formula is C22H17F2N3O. The summed E-state index contributed by atoms with van der Waals surface area (Å²) in [7, 11) is 1.61. The standard InChI is InChI=1S/C22H17F2N3O/c1-15-16(14-25-26-15)7-4-3-5-8-18(19-9-6-12-27(2)22(19)28)20-13-17(23)10-11-21(20)24/h6,9-14,18H,8H2,1-2H3,(H,25,26). The molecule has 0 bridgehead atoms. The van der Waals surface area contributed by atoms with Gasteiger partial charge in [0.25, 0.3) is 5.56 Å². The summed E-state index contributed by atoms with van der Waals surface area (Å²) in [5.74, 6) is 9.30. The van der Waals surface area contributed by atoms with Gasteiger partial charge in [0.2, 0.25) is 0 Å². The molecule has 0 radical (unpaired) electrons. The van der Waals surface area contributed by atoms with Crippen LogP contribution in [0.2, 0.25) is 0 Å². The van der Waals surface area contributed by atoms with Crippen molar-refractivity contribution in [2.24, 2.45) is 7.05 Å². The van der Waals surface area contributed by atoms with E-state index in [1.165, 1.54) is 4.57 Å². The first-order valence-electron chi connectivity index (χ1n) is 8.57. The third kappa shape index (κ3) is 4.19. The number of aromatic amines is 1. The minimum absolute atomic E-state index is 0.0937. The number of hydrogen-bond acceptors (Lipinski definition) is 2. The summed E-state index contributed by atoms with van der Waals surface area (Å²) >= 11 is 0. The molecule has 0 saturated carbocycles. The third-order valence-corrected chi connectivity index (χ3v) is 4.35. The van der Waals surface area contributed by atoms with E-state index in [0.29, 0.717) is 5.56 Å². The van der Waals surface area contributed by atoms with Crippen LogP contribution in [-0.4, -0.2) is 14.8 Å². The Morgan fingerprint density at radius 3 is 2.79 bits per heavy atom. The molecule has 0 aliphatic carbocycles. The lowest BCUT2D eigenvalue weighted by Crippen LogP contribution is -2.23. The number of rotatable bonds is 3. The molecule has 3 aromatic rings. The van der Waals surface area contributed by atoms with Crippen LogP contribution in [0.15, 0.2) is 47.5 Å². The van der Waals surface area contributed by atoms with E-state index in [0.717, 1.165) is 29.5 Å². The number of aryl methyl sites for hydroxylation is 2. The molecule has 4 nitrogen and oxygen atoms in total. The Hall–Kier alpha value is -3.64. The highest BCUT2D eigenvalue weighted by Gasteiger charge is 2.21. The van der Waals surface area contributed by atoms with Crippen LogP contribution in [0.1, 0.15) is 34.7 Å². The highest BCUT2D eigenvalue weighted by molar-refractivity contribution is 5.41. The molecule has 0 amide bonds. The molecule has 0 spiro atoms. The van der Waals surface area contributed by atoms with Crippen molar-refractivity contribution < 1.29 is 8.78 Å². The minimum Gasteiger partial charge on any atom is -0.318 e. The zero-order chi connectivity index (χ0) is 20.1. The van der Waals surface area contributed by atoms with Gasteiger partial charge in [0, 0.05) is 37.3 Å². The monoisotopic (exact) mass is 377 g/mol. The number of H-pyrrole nitrogens is 1. The van der Waals surface area contributed by atoms with Gasteiger partial charge in [0.15, 0.2) is 0 Å². The molecule has 1 N–H and O–H groups in total. The Bertz CT molecular complexity index is 1190. The van der Waals surface area contributed by atoms with E-state index in [1.807, 2.05) is 6.92 Å². The number of nitrogens with zero attached hydrogens (tertiary/aromatic N) is 2. The van der Waals surface area contributed by atoms with Gasteiger partial charge in [0.1, 0.15) is 11.6 Å². The van der Waals surface area contributed by atoms with Gasteiger partial charge < -0.3 is 4.57 Å². The van der Waals surface area contributed by atoms with Crippen LogP contribution < -0.4 is 5.56 Å². The van der Waals surface area contributed by atoms with Gasteiger partial charge in [-0.15, -0.1) is 0 Å². The van der Waals surface area contributed by atoms with E-state index in [1.54, 1.807) is 31.6 Å². The highest BCUT2D eigenvalue weighted by Crippen LogP contribution is 2.28. The Balaban J connectivity index is 1.96. The summed E-state index contributed by atoms with van der Waals surface area (Å²) in [6.45, 7) is 1.82. The number of halogens is 2. The van der Waals surface area contributed by atoms with E-state index in [9.17, 15) is 13.6 Å². The molecule has 140 valence electrons. The molecule has 0 aliphatic rings. The molecule has 2 aromatic heterocycles. The summed E-state index contributed by atoms with van der Waals surface area (Å²) in [5.41, 5.74) is 1.66. The average molecular weight is 377 g/mol. The van der Waals surface area contributed by atoms with Crippen molar-refractivity contribution >= 4 is 0 Å². The van der Waals surface area contributed by atoms with Crippen LogP contribution in [0.3, 0.4) is 0 Å². The van der Waals surface area contributed by atoms with Crippen LogP contribution in [0.5, 0.6) is 0 Å². The van der Waals surface area contributed by atoms with Gasteiger partial charge in [-0.05, 0) is 54.5 Å². The summed E-state index contributed by atoms with van der Waals surface area (Å²) in [4.78, 5) is 12.5. The van der Waals surface area contributed by atoms with Crippen molar-refractivity contribution in [2.45, 2.75) is 19.3 Å². The number of aromatic nitrogens is 3. The fourth-order valence-electron chi connectivity index (χ4n) is 2.83. The maximum absolute atomic E-state index is 14.4. The SMILES string of the molecule is Cc1n[nH]cc1C#CC#CCC(c1cc(F)ccc1F)c1cccn(C)c1=O. The van der Waals surface area contributed by atoms with Gasteiger partial charge in [0.05, 0.1) is 11.3 Å². The molecule has 0 fully saturated rings.